The maximum atomic E-state index is 13.4. The summed E-state index contributed by atoms with van der Waals surface area (Å²) < 4.78 is 33.9. The summed E-state index contributed by atoms with van der Waals surface area (Å²) in [5.74, 6) is -0.285. The number of aromatic nitrogens is 3. The van der Waals surface area contributed by atoms with Gasteiger partial charge in [0, 0.05) is 24.7 Å². The van der Waals surface area contributed by atoms with Crippen LogP contribution in [0.1, 0.15) is 30.7 Å². The standard InChI is InChI=1S/C27H30N4O5S/c1-5-12-21(6-2)30(7-3)37(34,35)22-15-16-25(28-19-22)31-27(33)23(17-20-13-10-9-11-14-20)24(29-31)18-26(32)36-8-4/h5-6,9-16,19,29H,1-2,7-8,17-18H2,3-4H3/b21-12+. The third-order valence-corrected chi connectivity index (χ3v) is 7.42. The van der Waals surface area contributed by atoms with Crippen molar-refractivity contribution in [1.29, 1.82) is 0 Å². The molecular formula is C27H30N4O5S. The number of hydrogen-bond acceptors (Lipinski definition) is 6. The third kappa shape index (κ3) is 6.15. The summed E-state index contributed by atoms with van der Waals surface area (Å²) in [6.45, 7) is 11.1. The first kappa shape index (κ1) is 27.4. The highest BCUT2D eigenvalue weighted by Gasteiger charge is 2.25. The van der Waals surface area contributed by atoms with Crippen molar-refractivity contribution in [3.8, 4) is 5.82 Å². The molecule has 2 aromatic heterocycles. The predicted molar refractivity (Wildman–Crippen MR) is 142 cm³/mol. The Morgan fingerprint density at radius 3 is 2.46 bits per heavy atom. The molecule has 37 heavy (non-hydrogen) atoms. The average molecular weight is 523 g/mol. The van der Waals surface area contributed by atoms with Crippen LogP contribution < -0.4 is 5.56 Å². The molecule has 1 aromatic carbocycles. The van der Waals surface area contributed by atoms with Gasteiger partial charge < -0.3 is 4.74 Å². The molecule has 0 atom stereocenters. The number of benzene rings is 1. The van der Waals surface area contributed by atoms with Gasteiger partial charge in [-0.2, -0.15) is 0 Å². The summed E-state index contributed by atoms with van der Waals surface area (Å²) in [6, 6.07) is 12.2. The highest BCUT2D eigenvalue weighted by atomic mass is 32.2. The Kier molecular flexibility index (Phi) is 9.02. The van der Waals surface area contributed by atoms with Crippen molar-refractivity contribution in [3.63, 3.8) is 0 Å². The quantitative estimate of drug-likeness (QED) is 0.288. The number of likely N-dealkylation sites (N-methyl/N-ethyl adjacent to an activating group) is 1. The van der Waals surface area contributed by atoms with Crippen LogP contribution in [0.3, 0.4) is 0 Å². The molecule has 9 nitrogen and oxygen atoms in total. The lowest BCUT2D eigenvalue weighted by Crippen LogP contribution is -2.30. The van der Waals surface area contributed by atoms with E-state index in [0.717, 1.165) is 5.56 Å². The topological polar surface area (TPSA) is 114 Å². The van der Waals surface area contributed by atoms with E-state index in [0.29, 0.717) is 23.4 Å². The van der Waals surface area contributed by atoms with E-state index in [2.05, 4.69) is 23.2 Å². The van der Waals surface area contributed by atoms with E-state index >= 15 is 0 Å². The molecule has 0 aliphatic carbocycles. The van der Waals surface area contributed by atoms with Crippen LogP contribution >= 0.6 is 0 Å². The first-order valence-corrected chi connectivity index (χ1v) is 13.2. The van der Waals surface area contributed by atoms with Crippen molar-refractivity contribution >= 4 is 16.0 Å². The highest BCUT2D eigenvalue weighted by Crippen LogP contribution is 2.21. The minimum absolute atomic E-state index is 0.0502. The highest BCUT2D eigenvalue weighted by molar-refractivity contribution is 7.89. The van der Waals surface area contributed by atoms with Gasteiger partial charge in [-0.25, -0.2) is 18.1 Å². The summed E-state index contributed by atoms with van der Waals surface area (Å²) in [4.78, 5) is 29.7. The zero-order chi connectivity index (χ0) is 27.0. The van der Waals surface area contributed by atoms with Crippen molar-refractivity contribution < 1.29 is 17.9 Å². The second-order valence-electron chi connectivity index (χ2n) is 7.91. The fourth-order valence-corrected chi connectivity index (χ4v) is 5.25. The number of sulfonamides is 1. The van der Waals surface area contributed by atoms with Gasteiger partial charge in [-0.1, -0.05) is 49.6 Å². The van der Waals surface area contributed by atoms with E-state index in [4.69, 9.17) is 4.74 Å². The molecule has 0 saturated heterocycles. The number of ether oxygens (including phenoxy) is 1. The summed E-state index contributed by atoms with van der Waals surface area (Å²) in [6.07, 6.45) is 5.84. The minimum Gasteiger partial charge on any atom is -0.466 e. The fourth-order valence-electron chi connectivity index (χ4n) is 3.81. The van der Waals surface area contributed by atoms with Gasteiger partial charge in [0.1, 0.15) is 4.90 Å². The maximum Gasteiger partial charge on any atom is 0.311 e. The third-order valence-electron chi connectivity index (χ3n) is 5.53. The summed E-state index contributed by atoms with van der Waals surface area (Å²) in [7, 11) is -3.93. The van der Waals surface area contributed by atoms with Gasteiger partial charge in [0.25, 0.3) is 15.6 Å². The molecule has 10 heteroatoms. The molecule has 3 aromatic rings. The van der Waals surface area contributed by atoms with E-state index in [1.807, 2.05) is 30.3 Å². The molecule has 0 amide bonds. The molecule has 0 bridgehead atoms. The zero-order valence-electron chi connectivity index (χ0n) is 20.9. The van der Waals surface area contributed by atoms with Gasteiger partial charge >= 0.3 is 5.97 Å². The normalized spacial score (nSPS) is 11.7. The lowest BCUT2D eigenvalue weighted by Gasteiger charge is -2.23. The van der Waals surface area contributed by atoms with Crippen molar-refractivity contribution in [2.75, 3.05) is 13.2 Å². The number of hydrogen-bond donors (Lipinski definition) is 1. The Morgan fingerprint density at radius 2 is 1.89 bits per heavy atom. The molecule has 1 N–H and O–H groups in total. The Bertz CT molecular complexity index is 1450. The molecule has 0 spiro atoms. The van der Waals surface area contributed by atoms with Gasteiger partial charge in [0.05, 0.1) is 24.4 Å². The zero-order valence-corrected chi connectivity index (χ0v) is 21.7. The van der Waals surface area contributed by atoms with Crippen LogP contribution in [0.2, 0.25) is 0 Å². The van der Waals surface area contributed by atoms with Crippen LogP contribution in [0, 0.1) is 0 Å². The van der Waals surface area contributed by atoms with E-state index in [-0.39, 0.29) is 35.8 Å². The molecular weight excluding hydrogens is 492 g/mol. The van der Waals surface area contributed by atoms with Crippen molar-refractivity contribution in [1.82, 2.24) is 19.1 Å². The molecule has 0 radical (unpaired) electrons. The van der Waals surface area contributed by atoms with Gasteiger partial charge in [-0.05, 0) is 43.7 Å². The first-order valence-electron chi connectivity index (χ1n) is 11.7. The molecule has 194 valence electrons. The second-order valence-corrected chi connectivity index (χ2v) is 9.77. The van der Waals surface area contributed by atoms with E-state index in [9.17, 15) is 18.0 Å². The van der Waals surface area contributed by atoms with Gasteiger partial charge in [-0.3, -0.25) is 19.0 Å². The SMILES string of the molecule is C=C/C=C(\C=C)N(CC)S(=O)(=O)c1ccc(-n2[nH]c(CC(=O)OCC)c(Cc3ccccc3)c2=O)nc1. The minimum atomic E-state index is -3.93. The summed E-state index contributed by atoms with van der Waals surface area (Å²) >= 11 is 0. The number of rotatable bonds is 12. The summed E-state index contributed by atoms with van der Waals surface area (Å²) in [5.41, 5.74) is 1.70. The van der Waals surface area contributed by atoms with Gasteiger partial charge in [0.15, 0.2) is 5.82 Å². The number of carbonyl (C=O) groups is 1. The van der Waals surface area contributed by atoms with E-state index < -0.39 is 16.0 Å². The largest absolute Gasteiger partial charge is 0.466 e. The predicted octanol–water partition coefficient (Wildman–Crippen LogP) is 3.52. The van der Waals surface area contributed by atoms with Crippen molar-refractivity contribution in [3.05, 3.63) is 113 Å². The number of pyridine rings is 1. The molecule has 3 rings (SSSR count). The van der Waals surface area contributed by atoms with Crippen molar-refractivity contribution in [2.45, 2.75) is 31.6 Å². The van der Waals surface area contributed by atoms with Crippen LogP contribution in [-0.2, 0) is 32.4 Å². The Labute approximate surface area is 216 Å². The number of aromatic amines is 1. The number of H-pyrrole nitrogens is 1. The van der Waals surface area contributed by atoms with Crippen LogP contribution in [0.15, 0.2) is 95.4 Å². The number of nitrogens with zero attached hydrogens (tertiary/aromatic N) is 3. The number of nitrogens with one attached hydrogen (secondary N) is 1. The fraction of sp³-hybridized carbons (Fsp3) is 0.222. The van der Waals surface area contributed by atoms with E-state index in [1.54, 1.807) is 19.9 Å². The molecule has 0 aliphatic heterocycles. The number of carbonyl (C=O) groups excluding carboxylic acids is 1. The molecule has 0 aliphatic rings. The Balaban J connectivity index is 2.02. The van der Waals surface area contributed by atoms with Crippen LogP contribution in [-0.4, -0.2) is 46.6 Å². The van der Waals surface area contributed by atoms with Crippen molar-refractivity contribution in [2.24, 2.45) is 0 Å². The molecule has 0 saturated carbocycles. The van der Waals surface area contributed by atoms with Gasteiger partial charge in [-0.15, -0.1) is 0 Å². The molecule has 2 heterocycles. The lowest BCUT2D eigenvalue weighted by atomic mass is 10.0. The van der Waals surface area contributed by atoms with E-state index in [1.165, 1.54) is 39.5 Å². The van der Waals surface area contributed by atoms with Crippen LogP contribution in [0.25, 0.3) is 5.82 Å². The van der Waals surface area contributed by atoms with Gasteiger partial charge in [0.2, 0.25) is 0 Å². The Morgan fingerprint density at radius 1 is 1.16 bits per heavy atom. The number of allylic oxidation sites excluding steroid dienone is 3. The number of esters is 1. The molecule has 0 fully saturated rings. The monoisotopic (exact) mass is 522 g/mol. The maximum absolute atomic E-state index is 13.4. The Hall–Kier alpha value is -4.18. The van der Waals surface area contributed by atoms with Crippen LogP contribution in [0.4, 0.5) is 0 Å². The smallest absolute Gasteiger partial charge is 0.311 e. The first-order chi connectivity index (χ1) is 17.8. The summed E-state index contributed by atoms with van der Waals surface area (Å²) in [5, 5.41) is 2.96. The second kappa shape index (κ2) is 12.2. The average Bonchev–Trinajstić information content (AvgIpc) is 3.19. The molecule has 0 unspecified atom stereocenters. The van der Waals surface area contributed by atoms with Crippen LogP contribution in [0.5, 0.6) is 0 Å². The lowest BCUT2D eigenvalue weighted by molar-refractivity contribution is -0.142.